The summed E-state index contributed by atoms with van der Waals surface area (Å²) in [6.45, 7) is 1.42. The Morgan fingerprint density at radius 1 is 1.28 bits per heavy atom. The van der Waals surface area contributed by atoms with Gasteiger partial charge in [0.25, 0.3) is 0 Å². The highest BCUT2D eigenvalue weighted by Crippen LogP contribution is 2.31. The van der Waals surface area contributed by atoms with Gasteiger partial charge in [0.05, 0.1) is 0 Å². The van der Waals surface area contributed by atoms with Crippen molar-refractivity contribution < 1.29 is 4.79 Å². The molecule has 1 amide bonds. The topological polar surface area (TPSA) is 59.1 Å². The van der Waals surface area contributed by atoms with Crippen molar-refractivity contribution in [2.75, 3.05) is 5.32 Å². The first-order valence-corrected chi connectivity index (χ1v) is 6.88. The van der Waals surface area contributed by atoms with Gasteiger partial charge in [-0.3, -0.25) is 9.59 Å². The first-order chi connectivity index (χ1) is 8.65. The molecule has 0 aliphatic heterocycles. The fraction of sp³-hybridized carbons (Fsp3) is 0.0833. The predicted molar refractivity (Wildman–Crippen MR) is 75.6 cm³/mol. The van der Waals surface area contributed by atoms with Crippen molar-refractivity contribution in [3.8, 4) is 0 Å². The molecule has 0 unspecified atom stereocenters. The van der Waals surface area contributed by atoms with Crippen LogP contribution in [0, 0.1) is 0 Å². The molecule has 0 saturated heterocycles. The van der Waals surface area contributed by atoms with Crippen LogP contribution in [-0.4, -0.2) is 10.9 Å². The maximum absolute atomic E-state index is 12.2. The van der Waals surface area contributed by atoms with Crippen molar-refractivity contribution in [2.24, 2.45) is 0 Å². The number of anilines is 1. The molecule has 90 valence electrons. The summed E-state index contributed by atoms with van der Waals surface area (Å²) in [4.78, 5) is 27.4. The van der Waals surface area contributed by atoms with Gasteiger partial charge in [0.1, 0.15) is 9.53 Å². The second-order valence-electron chi connectivity index (χ2n) is 3.76. The molecule has 0 saturated carbocycles. The van der Waals surface area contributed by atoms with Crippen LogP contribution in [0.15, 0.2) is 29.1 Å². The lowest BCUT2D eigenvalue weighted by Crippen LogP contribution is -2.06. The molecule has 18 heavy (non-hydrogen) atoms. The summed E-state index contributed by atoms with van der Waals surface area (Å²) in [5, 5.41) is 3.76. The van der Waals surface area contributed by atoms with Gasteiger partial charge in [0.2, 0.25) is 11.3 Å². The Morgan fingerprint density at radius 2 is 2.06 bits per heavy atom. The van der Waals surface area contributed by atoms with Crippen molar-refractivity contribution in [3.05, 3.63) is 34.5 Å². The molecular formula is C12H8N2O2S2. The SMILES string of the molecule is CC(=O)Nc1nc2c(=O)c3ccccc3sc2s1. The third-order valence-corrected chi connectivity index (χ3v) is 4.65. The molecule has 3 rings (SSSR count). The number of hydrogen-bond donors (Lipinski definition) is 1. The third-order valence-electron chi connectivity index (χ3n) is 2.43. The monoisotopic (exact) mass is 276 g/mol. The van der Waals surface area contributed by atoms with E-state index in [2.05, 4.69) is 10.3 Å². The smallest absolute Gasteiger partial charge is 0.223 e. The molecule has 0 radical (unpaired) electrons. The summed E-state index contributed by atoms with van der Waals surface area (Å²) in [7, 11) is 0. The van der Waals surface area contributed by atoms with Gasteiger partial charge in [0.15, 0.2) is 5.13 Å². The number of amides is 1. The molecule has 0 fully saturated rings. The maximum atomic E-state index is 12.2. The van der Waals surface area contributed by atoms with E-state index in [0.717, 1.165) is 8.71 Å². The number of aromatic nitrogens is 1. The standard InChI is InChI=1S/C12H8N2O2S2/c1-6(15)13-12-14-9-10(16)7-4-2-3-5-8(7)17-11(9)18-12/h2-5H,1H3,(H,13,14,15). The minimum atomic E-state index is -0.184. The Balaban J connectivity index is 2.33. The number of carbonyl (C=O) groups excluding carboxylic acids is 1. The molecular weight excluding hydrogens is 268 g/mol. The van der Waals surface area contributed by atoms with Gasteiger partial charge < -0.3 is 5.32 Å². The van der Waals surface area contributed by atoms with Gasteiger partial charge in [-0.2, -0.15) is 0 Å². The number of benzene rings is 1. The van der Waals surface area contributed by atoms with Gasteiger partial charge in [0, 0.05) is 17.0 Å². The maximum Gasteiger partial charge on any atom is 0.223 e. The number of fused-ring (bicyclic) bond motifs is 2. The Labute approximate surface area is 110 Å². The molecule has 3 aromatic rings. The number of nitrogens with one attached hydrogen (secondary N) is 1. The predicted octanol–water partition coefficient (Wildman–Crippen LogP) is 2.83. The van der Waals surface area contributed by atoms with E-state index in [1.165, 1.54) is 29.6 Å². The molecule has 0 bridgehead atoms. The minimum Gasteiger partial charge on any atom is -0.302 e. The van der Waals surface area contributed by atoms with E-state index < -0.39 is 0 Å². The van der Waals surface area contributed by atoms with Crippen molar-refractivity contribution in [1.82, 2.24) is 4.98 Å². The summed E-state index contributed by atoms with van der Waals surface area (Å²) in [5.41, 5.74) is 0.361. The van der Waals surface area contributed by atoms with E-state index in [9.17, 15) is 9.59 Å². The van der Waals surface area contributed by atoms with Crippen molar-refractivity contribution in [2.45, 2.75) is 6.92 Å². The van der Waals surface area contributed by atoms with E-state index in [1.54, 1.807) is 6.07 Å². The lowest BCUT2D eigenvalue weighted by molar-refractivity contribution is -0.114. The van der Waals surface area contributed by atoms with E-state index >= 15 is 0 Å². The average molecular weight is 276 g/mol. The first kappa shape index (κ1) is 11.3. The molecule has 0 aliphatic rings. The van der Waals surface area contributed by atoms with Gasteiger partial charge in [-0.1, -0.05) is 23.5 Å². The summed E-state index contributed by atoms with van der Waals surface area (Å²) in [6.07, 6.45) is 0. The number of hydrogen-bond acceptors (Lipinski definition) is 5. The van der Waals surface area contributed by atoms with Crippen LogP contribution in [0.3, 0.4) is 0 Å². The second-order valence-corrected chi connectivity index (χ2v) is 6.07. The Kier molecular flexibility index (Phi) is 2.61. The minimum absolute atomic E-state index is 0.0767. The molecule has 1 N–H and O–H groups in total. The fourth-order valence-corrected chi connectivity index (χ4v) is 3.96. The molecule has 0 spiro atoms. The number of rotatable bonds is 1. The summed E-state index contributed by atoms with van der Waals surface area (Å²) in [5.74, 6) is -0.184. The van der Waals surface area contributed by atoms with Crippen LogP contribution in [0.2, 0.25) is 0 Å². The molecule has 0 aliphatic carbocycles. The Hall–Kier alpha value is -1.79. The molecule has 6 heteroatoms. The van der Waals surface area contributed by atoms with Gasteiger partial charge in [-0.05, 0) is 12.1 Å². The summed E-state index contributed by atoms with van der Waals surface area (Å²) >= 11 is 2.85. The van der Waals surface area contributed by atoms with Crippen molar-refractivity contribution >= 4 is 53.3 Å². The summed E-state index contributed by atoms with van der Waals surface area (Å²) in [6, 6.07) is 7.45. The normalized spacial score (nSPS) is 10.9. The zero-order valence-corrected chi connectivity index (χ0v) is 11.0. The van der Waals surface area contributed by atoms with E-state index in [4.69, 9.17) is 0 Å². The molecule has 4 nitrogen and oxygen atoms in total. The van der Waals surface area contributed by atoms with Crippen LogP contribution >= 0.6 is 22.7 Å². The number of thiazole rings is 1. The van der Waals surface area contributed by atoms with Crippen molar-refractivity contribution in [3.63, 3.8) is 0 Å². The van der Waals surface area contributed by atoms with Crippen LogP contribution in [0.4, 0.5) is 5.13 Å². The van der Waals surface area contributed by atoms with Gasteiger partial charge in [-0.25, -0.2) is 4.98 Å². The molecule has 1 aromatic carbocycles. The van der Waals surface area contributed by atoms with Crippen LogP contribution in [0.25, 0.3) is 19.6 Å². The highest BCUT2D eigenvalue weighted by Gasteiger charge is 2.11. The Morgan fingerprint density at radius 3 is 2.83 bits per heavy atom. The van der Waals surface area contributed by atoms with E-state index in [1.807, 2.05) is 18.2 Å². The molecule has 2 heterocycles. The second kappa shape index (κ2) is 4.15. The zero-order valence-electron chi connectivity index (χ0n) is 9.39. The third kappa shape index (κ3) is 1.79. The van der Waals surface area contributed by atoms with E-state index in [-0.39, 0.29) is 11.3 Å². The summed E-state index contributed by atoms with van der Waals surface area (Å²) < 4.78 is 1.77. The van der Waals surface area contributed by atoms with Gasteiger partial charge in [-0.15, -0.1) is 11.3 Å². The Bertz CT molecular complexity index is 820. The highest BCUT2D eigenvalue weighted by molar-refractivity contribution is 7.41. The zero-order chi connectivity index (χ0) is 12.7. The largest absolute Gasteiger partial charge is 0.302 e. The number of nitrogens with zero attached hydrogens (tertiary/aromatic N) is 1. The van der Waals surface area contributed by atoms with Crippen LogP contribution < -0.4 is 10.7 Å². The lowest BCUT2D eigenvalue weighted by Gasteiger charge is -1.93. The highest BCUT2D eigenvalue weighted by atomic mass is 32.2. The van der Waals surface area contributed by atoms with Crippen LogP contribution in [0.5, 0.6) is 0 Å². The quantitative estimate of drug-likeness (QED) is 0.743. The van der Waals surface area contributed by atoms with Crippen LogP contribution in [-0.2, 0) is 4.79 Å². The van der Waals surface area contributed by atoms with Crippen LogP contribution in [0.1, 0.15) is 6.92 Å². The number of carbonyl (C=O) groups is 1. The molecule has 0 atom stereocenters. The fourth-order valence-electron chi connectivity index (χ4n) is 1.69. The van der Waals surface area contributed by atoms with Gasteiger partial charge >= 0.3 is 0 Å². The molecule has 2 aromatic heterocycles. The lowest BCUT2D eigenvalue weighted by atomic mass is 10.2. The van der Waals surface area contributed by atoms with E-state index in [0.29, 0.717) is 16.0 Å². The first-order valence-electron chi connectivity index (χ1n) is 5.25. The van der Waals surface area contributed by atoms with Crippen molar-refractivity contribution in [1.29, 1.82) is 0 Å². The average Bonchev–Trinajstić information content (AvgIpc) is 2.71.